The molecule has 0 amide bonds. The van der Waals surface area contributed by atoms with Crippen molar-refractivity contribution in [3.63, 3.8) is 0 Å². The fourth-order valence-electron chi connectivity index (χ4n) is 4.33. The number of aromatic amines is 1. The molecule has 0 saturated heterocycles. The van der Waals surface area contributed by atoms with E-state index in [-0.39, 0.29) is 17.5 Å². The highest BCUT2D eigenvalue weighted by atomic mass is 16.1. The van der Waals surface area contributed by atoms with Crippen molar-refractivity contribution in [3.8, 4) is 5.69 Å². The Bertz CT molecular complexity index is 1340. The SMILES string of the molecule is CC(C)c1n[nH]cc1-n1c2nc(Nc3ccc4c(c3)CCNC4)ncc2c(=O)n1C(C)C. The first-order chi connectivity index (χ1) is 15.4. The first kappa shape index (κ1) is 20.4. The van der Waals surface area contributed by atoms with Gasteiger partial charge in [-0.2, -0.15) is 10.1 Å². The van der Waals surface area contributed by atoms with E-state index in [1.54, 1.807) is 10.9 Å². The third-order valence-electron chi connectivity index (χ3n) is 5.89. The highest BCUT2D eigenvalue weighted by Gasteiger charge is 2.23. The van der Waals surface area contributed by atoms with Crippen LogP contribution in [0, 0.1) is 0 Å². The minimum atomic E-state index is -0.112. The summed E-state index contributed by atoms with van der Waals surface area (Å²) in [7, 11) is 0. The molecule has 0 spiro atoms. The van der Waals surface area contributed by atoms with Crippen LogP contribution in [0.4, 0.5) is 11.6 Å². The zero-order valence-corrected chi connectivity index (χ0v) is 18.8. The molecule has 5 rings (SSSR count). The molecule has 1 aliphatic heterocycles. The van der Waals surface area contributed by atoms with E-state index in [0.29, 0.717) is 17.0 Å². The number of fused-ring (bicyclic) bond motifs is 2. The molecule has 4 heterocycles. The van der Waals surface area contributed by atoms with E-state index >= 15 is 0 Å². The topological polar surface area (TPSA) is 105 Å². The van der Waals surface area contributed by atoms with Crippen molar-refractivity contribution in [2.24, 2.45) is 0 Å². The Morgan fingerprint density at radius 2 is 2.00 bits per heavy atom. The quantitative estimate of drug-likeness (QED) is 0.446. The second-order valence-electron chi connectivity index (χ2n) is 8.83. The van der Waals surface area contributed by atoms with Crippen LogP contribution in [-0.4, -0.2) is 36.1 Å². The van der Waals surface area contributed by atoms with E-state index in [0.717, 1.165) is 36.6 Å². The molecule has 0 atom stereocenters. The lowest BCUT2D eigenvalue weighted by Gasteiger charge is -2.18. The zero-order valence-electron chi connectivity index (χ0n) is 18.8. The second kappa shape index (κ2) is 7.90. The number of hydrogen-bond donors (Lipinski definition) is 3. The van der Waals surface area contributed by atoms with Gasteiger partial charge in [0.1, 0.15) is 11.1 Å². The summed E-state index contributed by atoms with van der Waals surface area (Å²) in [4.78, 5) is 22.4. The molecule has 1 aliphatic rings. The maximum absolute atomic E-state index is 13.2. The molecule has 32 heavy (non-hydrogen) atoms. The van der Waals surface area contributed by atoms with E-state index in [1.807, 2.05) is 30.8 Å². The Kier molecular flexibility index (Phi) is 5.05. The second-order valence-corrected chi connectivity index (χ2v) is 8.83. The van der Waals surface area contributed by atoms with E-state index in [1.165, 1.54) is 11.1 Å². The van der Waals surface area contributed by atoms with Crippen LogP contribution in [0.15, 0.2) is 35.4 Å². The molecule has 9 heteroatoms. The summed E-state index contributed by atoms with van der Waals surface area (Å²) < 4.78 is 3.58. The molecule has 0 fully saturated rings. The Morgan fingerprint density at radius 1 is 1.16 bits per heavy atom. The summed E-state index contributed by atoms with van der Waals surface area (Å²) in [5.41, 5.74) is 5.75. The van der Waals surface area contributed by atoms with E-state index in [2.05, 4.69) is 51.8 Å². The lowest BCUT2D eigenvalue weighted by Crippen LogP contribution is -2.24. The monoisotopic (exact) mass is 432 g/mol. The summed E-state index contributed by atoms with van der Waals surface area (Å²) in [6.07, 6.45) is 4.43. The van der Waals surface area contributed by atoms with Crippen molar-refractivity contribution in [2.45, 2.75) is 52.6 Å². The number of hydrogen-bond acceptors (Lipinski definition) is 6. The van der Waals surface area contributed by atoms with Crippen molar-refractivity contribution < 1.29 is 0 Å². The van der Waals surface area contributed by atoms with E-state index in [9.17, 15) is 4.79 Å². The highest BCUT2D eigenvalue weighted by Crippen LogP contribution is 2.26. The van der Waals surface area contributed by atoms with Gasteiger partial charge >= 0.3 is 0 Å². The summed E-state index contributed by atoms with van der Waals surface area (Å²) in [6, 6.07) is 6.27. The predicted octanol–water partition coefficient (Wildman–Crippen LogP) is 3.40. The van der Waals surface area contributed by atoms with Gasteiger partial charge in [-0.25, -0.2) is 14.3 Å². The highest BCUT2D eigenvalue weighted by molar-refractivity contribution is 5.77. The van der Waals surface area contributed by atoms with Gasteiger partial charge in [0, 0.05) is 30.7 Å². The smallest absolute Gasteiger partial charge is 0.278 e. The van der Waals surface area contributed by atoms with Gasteiger partial charge in [0.05, 0.1) is 5.69 Å². The van der Waals surface area contributed by atoms with Gasteiger partial charge in [-0.3, -0.25) is 9.89 Å². The molecule has 0 bridgehead atoms. The number of nitrogens with one attached hydrogen (secondary N) is 3. The Labute approximate surface area is 185 Å². The van der Waals surface area contributed by atoms with Crippen LogP contribution >= 0.6 is 0 Å². The molecule has 3 aromatic heterocycles. The van der Waals surface area contributed by atoms with Gasteiger partial charge < -0.3 is 10.6 Å². The van der Waals surface area contributed by atoms with E-state index in [4.69, 9.17) is 4.98 Å². The number of aromatic nitrogens is 6. The molecule has 0 saturated carbocycles. The minimum absolute atomic E-state index is 0.0581. The fourth-order valence-corrected chi connectivity index (χ4v) is 4.33. The summed E-state index contributed by atoms with van der Waals surface area (Å²) in [5.74, 6) is 0.643. The van der Waals surface area contributed by atoms with Crippen LogP contribution < -0.4 is 16.2 Å². The minimum Gasteiger partial charge on any atom is -0.324 e. The maximum atomic E-state index is 13.2. The molecule has 4 aromatic rings. The van der Waals surface area contributed by atoms with Gasteiger partial charge in [-0.05, 0) is 56.0 Å². The van der Waals surface area contributed by atoms with Crippen LogP contribution in [0.25, 0.3) is 16.7 Å². The van der Waals surface area contributed by atoms with Gasteiger partial charge in [-0.15, -0.1) is 0 Å². The van der Waals surface area contributed by atoms with Crippen molar-refractivity contribution in [1.82, 2.24) is 34.8 Å². The third-order valence-corrected chi connectivity index (χ3v) is 5.89. The first-order valence-corrected chi connectivity index (χ1v) is 11.1. The zero-order chi connectivity index (χ0) is 22.4. The third kappa shape index (κ3) is 3.38. The lowest BCUT2D eigenvalue weighted by molar-refractivity contribution is 0.474. The molecule has 0 radical (unpaired) electrons. The standard InChI is InChI=1S/C23H28N8O/c1-13(2)20-19(12-26-29-20)31-21-18(22(32)30(31)14(3)4)11-25-23(28-21)27-17-6-5-16-10-24-8-7-15(16)9-17/h5-6,9,11-14,24H,7-8,10H2,1-4H3,(H,26,29)(H,25,27,28). The summed E-state index contributed by atoms with van der Waals surface area (Å²) in [6.45, 7) is 10.0. The van der Waals surface area contributed by atoms with Crippen molar-refractivity contribution in [1.29, 1.82) is 0 Å². The average molecular weight is 433 g/mol. The summed E-state index contributed by atoms with van der Waals surface area (Å²) >= 11 is 0. The summed E-state index contributed by atoms with van der Waals surface area (Å²) in [5, 5.41) is 14.6. The predicted molar refractivity (Wildman–Crippen MR) is 125 cm³/mol. The van der Waals surface area contributed by atoms with Gasteiger partial charge in [0.15, 0.2) is 5.65 Å². The molecule has 1 aromatic carbocycles. The van der Waals surface area contributed by atoms with Gasteiger partial charge in [-0.1, -0.05) is 19.9 Å². The number of benzene rings is 1. The molecule has 9 nitrogen and oxygen atoms in total. The number of nitrogens with zero attached hydrogens (tertiary/aromatic N) is 5. The van der Waals surface area contributed by atoms with Crippen LogP contribution in [0.5, 0.6) is 0 Å². The average Bonchev–Trinajstić information content (AvgIpc) is 3.36. The van der Waals surface area contributed by atoms with Crippen molar-refractivity contribution >= 4 is 22.7 Å². The molecule has 0 unspecified atom stereocenters. The number of rotatable bonds is 5. The van der Waals surface area contributed by atoms with Crippen LogP contribution in [0.3, 0.4) is 0 Å². The largest absolute Gasteiger partial charge is 0.324 e. The molecule has 0 aliphatic carbocycles. The van der Waals surface area contributed by atoms with Gasteiger partial charge in [0.2, 0.25) is 5.95 Å². The normalized spacial score (nSPS) is 13.8. The molecular formula is C23H28N8O. The Balaban J connectivity index is 1.63. The number of anilines is 2. The van der Waals surface area contributed by atoms with E-state index < -0.39 is 0 Å². The van der Waals surface area contributed by atoms with Crippen LogP contribution in [-0.2, 0) is 13.0 Å². The maximum Gasteiger partial charge on any atom is 0.278 e. The molecular weight excluding hydrogens is 404 g/mol. The van der Waals surface area contributed by atoms with Crippen LogP contribution in [0.1, 0.15) is 56.5 Å². The number of H-pyrrole nitrogens is 1. The van der Waals surface area contributed by atoms with Crippen LogP contribution in [0.2, 0.25) is 0 Å². The Morgan fingerprint density at radius 3 is 2.78 bits per heavy atom. The first-order valence-electron chi connectivity index (χ1n) is 11.1. The van der Waals surface area contributed by atoms with Crippen molar-refractivity contribution in [3.05, 3.63) is 57.8 Å². The molecule has 3 N–H and O–H groups in total. The fraction of sp³-hybridized carbons (Fsp3) is 0.391. The van der Waals surface area contributed by atoms with Gasteiger partial charge in [0.25, 0.3) is 5.56 Å². The Hall–Kier alpha value is -3.46. The lowest BCUT2D eigenvalue weighted by atomic mass is 10.0. The van der Waals surface area contributed by atoms with Crippen molar-refractivity contribution in [2.75, 3.05) is 11.9 Å². The molecule has 166 valence electrons.